The number of fused-ring (bicyclic) bond motifs is 1. The van der Waals surface area contributed by atoms with Gasteiger partial charge in [-0.15, -0.1) is 11.3 Å². The molecule has 6 nitrogen and oxygen atoms in total. The van der Waals surface area contributed by atoms with Crippen molar-refractivity contribution in [3.05, 3.63) is 52.9 Å². The minimum absolute atomic E-state index is 0.127. The number of sulfonamides is 1. The van der Waals surface area contributed by atoms with Gasteiger partial charge in [0.25, 0.3) is 5.91 Å². The molecular weight excluding hydrogens is 358 g/mol. The van der Waals surface area contributed by atoms with Gasteiger partial charge in [0.05, 0.1) is 9.77 Å². The van der Waals surface area contributed by atoms with E-state index in [0.717, 1.165) is 23.4 Å². The second kappa shape index (κ2) is 7.38. The number of hydrogen-bond acceptors (Lipinski definition) is 4. The van der Waals surface area contributed by atoms with Crippen LogP contribution in [0.4, 0.5) is 0 Å². The minimum atomic E-state index is -3.59. The minimum Gasteiger partial charge on any atom is -0.354 e. The summed E-state index contributed by atoms with van der Waals surface area (Å²) in [6.45, 7) is 1.06. The number of carbonyl (C=O) groups is 1. The fourth-order valence-corrected chi connectivity index (χ4v) is 4.87. The van der Waals surface area contributed by atoms with Crippen molar-refractivity contribution in [2.45, 2.75) is 17.9 Å². The molecule has 1 amide bonds. The van der Waals surface area contributed by atoms with Gasteiger partial charge in [-0.3, -0.25) is 4.79 Å². The highest BCUT2D eigenvalue weighted by Gasteiger charge is 2.17. The standard InChI is InChI=1S/C17H19N3O3S2/c1-18-17(21)16-11-14(12-24-16)25(22,23)19-8-4-9-20-10-7-13-5-2-3-6-15(13)20/h2-3,5-7,10-12,19H,4,8-9H2,1H3,(H,18,21). The van der Waals surface area contributed by atoms with E-state index in [1.165, 1.54) is 23.9 Å². The van der Waals surface area contributed by atoms with Crippen LogP contribution in [0.3, 0.4) is 0 Å². The smallest absolute Gasteiger partial charge is 0.261 e. The Hall–Kier alpha value is -2.16. The van der Waals surface area contributed by atoms with Gasteiger partial charge in [-0.1, -0.05) is 18.2 Å². The zero-order chi connectivity index (χ0) is 17.9. The lowest BCUT2D eigenvalue weighted by molar-refractivity contribution is 0.0967. The van der Waals surface area contributed by atoms with E-state index in [1.54, 1.807) is 0 Å². The largest absolute Gasteiger partial charge is 0.354 e. The van der Waals surface area contributed by atoms with Crippen LogP contribution in [0.15, 0.2) is 52.9 Å². The summed E-state index contributed by atoms with van der Waals surface area (Å²) in [7, 11) is -2.08. The number of rotatable bonds is 7. The van der Waals surface area contributed by atoms with Crippen molar-refractivity contribution < 1.29 is 13.2 Å². The summed E-state index contributed by atoms with van der Waals surface area (Å²) in [5, 5.41) is 5.13. The molecule has 2 aromatic heterocycles. The van der Waals surface area contributed by atoms with Gasteiger partial charge in [0.2, 0.25) is 10.0 Å². The van der Waals surface area contributed by atoms with E-state index in [0.29, 0.717) is 17.8 Å². The first kappa shape index (κ1) is 17.7. The lowest BCUT2D eigenvalue weighted by Gasteiger charge is -2.07. The summed E-state index contributed by atoms with van der Waals surface area (Å²) in [5.74, 6) is -0.286. The number of hydrogen-bond donors (Lipinski definition) is 2. The molecule has 0 aliphatic heterocycles. The summed E-state index contributed by atoms with van der Waals surface area (Å²) >= 11 is 1.11. The monoisotopic (exact) mass is 377 g/mol. The molecule has 0 atom stereocenters. The maximum Gasteiger partial charge on any atom is 0.261 e. The van der Waals surface area contributed by atoms with Gasteiger partial charge in [-0.05, 0) is 30.0 Å². The van der Waals surface area contributed by atoms with Gasteiger partial charge in [0, 0.05) is 37.2 Å². The van der Waals surface area contributed by atoms with Crippen LogP contribution in [0.1, 0.15) is 16.1 Å². The Kier molecular flexibility index (Phi) is 5.22. The van der Waals surface area contributed by atoms with Gasteiger partial charge in [0.15, 0.2) is 0 Å². The lowest BCUT2D eigenvalue weighted by atomic mass is 10.2. The molecule has 2 heterocycles. The van der Waals surface area contributed by atoms with E-state index in [2.05, 4.69) is 20.7 Å². The van der Waals surface area contributed by atoms with Crippen LogP contribution in [0.5, 0.6) is 0 Å². The van der Waals surface area contributed by atoms with E-state index in [-0.39, 0.29) is 10.8 Å². The number of nitrogens with one attached hydrogen (secondary N) is 2. The highest BCUT2D eigenvalue weighted by Crippen LogP contribution is 2.19. The van der Waals surface area contributed by atoms with Crippen molar-refractivity contribution in [2.75, 3.05) is 13.6 Å². The molecule has 25 heavy (non-hydrogen) atoms. The highest BCUT2D eigenvalue weighted by molar-refractivity contribution is 7.89. The summed E-state index contributed by atoms with van der Waals surface area (Å²) in [4.78, 5) is 12.0. The predicted octanol–water partition coefficient (Wildman–Crippen LogP) is 2.43. The molecule has 132 valence electrons. The summed E-state index contributed by atoms with van der Waals surface area (Å²) in [5.41, 5.74) is 1.14. The molecule has 0 fully saturated rings. The van der Waals surface area contributed by atoms with Crippen molar-refractivity contribution in [1.29, 1.82) is 0 Å². The van der Waals surface area contributed by atoms with Crippen LogP contribution < -0.4 is 10.0 Å². The molecule has 8 heteroatoms. The molecule has 3 aromatic rings. The number of carbonyl (C=O) groups excluding carboxylic acids is 1. The third kappa shape index (κ3) is 3.92. The average molecular weight is 377 g/mol. The zero-order valence-electron chi connectivity index (χ0n) is 13.7. The van der Waals surface area contributed by atoms with Crippen molar-refractivity contribution >= 4 is 38.2 Å². The lowest BCUT2D eigenvalue weighted by Crippen LogP contribution is -2.25. The SMILES string of the molecule is CNC(=O)c1cc(S(=O)(=O)NCCCn2ccc3ccccc32)cs1. The highest BCUT2D eigenvalue weighted by atomic mass is 32.2. The Bertz CT molecular complexity index is 989. The fourth-order valence-electron chi connectivity index (χ4n) is 2.58. The van der Waals surface area contributed by atoms with Gasteiger partial charge < -0.3 is 9.88 Å². The topological polar surface area (TPSA) is 80.2 Å². The normalized spacial score (nSPS) is 11.7. The van der Waals surface area contributed by atoms with Crippen LogP contribution in [0.2, 0.25) is 0 Å². The van der Waals surface area contributed by atoms with E-state index in [9.17, 15) is 13.2 Å². The fraction of sp³-hybridized carbons (Fsp3) is 0.235. The quantitative estimate of drug-likeness (QED) is 0.621. The van der Waals surface area contributed by atoms with Gasteiger partial charge in [0.1, 0.15) is 0 Å². The molecule has 0 aliphatic rings. The Morgan fingerprint density at radius 2 is 2.04 bits per heavy atom. The predicted molar refractivity (Wildman–Crippen MR) is 99.5 cm³/mol. The second-order valence-electron chi connectivity index (χ2n) is 5.55. The number of thiophene rings is 1. The molecule has 0 saturated heterocycles. The van der Waals surface area contributed by atoms with Crippen LogP contribution >= 0.6 is 11.3 Å². The third-order valence-corrected chi connectivity index (χ3v) is 6.40. The molecule has 0 bridgehead atoms. The first-order valence-electron chi connectivity index (χ1n) is 7.85. The molecule has 1 aromatic carbocycles. The molecule has 2 N–H and O–H groups in total. The van der Waals surface area contributed by atoms with E-state index in [1.807, 2.05) is 30.5 Å². The van der Waals surface area contributed by atoms with E-state index >= 15 is 0 Å². The van der Waals surface area contributed by atoms with Gasteiger partial charge in [-0.2, -0.15) is 0 Å². The average Bonchev–Trinajstić information content (AvgIpc) is 3.26. The molecular formula is C17H19N3O3S2. The second-order valence-corrected chi connectivity index (χ2v) is 8.22. The van der Waals surface area contributed by atoms with Crippen LogP contribution in [-0.2, 0) is 16.6 Å². The molecule has 0 aliphatic carbocycles. The van der Waals surface area contributed by atoms with Gasteiger partial charge >= 0.3 is 0 Å². The molecule has 0 unspecified atom stereocenters. The number of aryl methyl sites for hydroxylation is 1. The summed E-state index contributed by atoms with van der Waals surface area (Å²) in [6, 6.07) is 11.5. The number of para-hydroxylation sites is 1. The zero-order valence-corrected chi connectivity index (χ0v) is 15.4. The summed E-state index contributed by atoms with van der Waals surface area (Å²) in [6.07, 6.45) is 2.68. The van der Waals surface area contributed by atoms with Crippen LogP contribution in [0, 0.1) is 0 Å². The number of amides is 1. The Balaban J connectivity index is 1.57. The first-order chi connectivity index (χ1) is 12.0. The molecule has 0 saturated carbocycles. The van der Waals surface area contributed by atoms with Crippen LogP contribution in [0.25, 0.3) is 10.9 Å². The molecule has 0 radical (unpaired) electrons. The van der Waals surface area contributed by atoms with Crippen molar-refractivity contribution in [2.24, 2.45) is 0 Å². The number of aromatic nitrogens is 1. The number of benzene rings is 1. The van der Waals surface area contributed by atoms with Crippen LogP contribution in [-0.4, -0.2) is 32.5 Å². The molecule has 3 rings (SSSR count). The van der Waals surface area contributed by atoms with Gasteiger partial charge in [-0.25, -0.2) is 13.1 Å². The maximum atomic E-state index is 12.3. The van der Waals surface area contributed by atoms with Crippen molar-refractivity contribution in [1.82, 2.24) is 14.6 Å². The maximum absolute atomic E-state index is 12.3. The molecule has 0 spiro atoms. The summed E-state index contributed by atoms with van der Waals surface area (Å²) < 4.78 is 29.3. The number of nitrogens with zero attached hydrogens (tertiary/aromatic N) is 1. The van der Waals surface area contributed by atoms with E-state index in [4.69, 9.17) is 0 Å². The van der Waals surface area contributed by atoms with Crippen molar-refractivity contribution in [3.63, 3.8) is 0 Å². The van der Waals surface area contributed by atoms with E-state index < -0.39 is 10.0 Å². The first-order valence-corrected chi connectivity index (χ1v) is 10.2. The third-order valence-electron chi connectivity index (χ3n) is 3.88. The Morgan fingerprint density at radius 3 is 2.84 bits per heavy atom. The Morgan fingerprint density at radius 1 is 1.24 bits per heavy atom. The van der Waals surface area contributed by atoms with Crippen molar-refractivity contribution in [3.8, 4) is 0 Å². The Labute approximate surface area is 150 Å².